The summed E-state index contributed by atoms with van der Waals surface area (Å²) in [7, 11) is 0. The molecule has 0 saturated carbocycles. The monoisotopic (exact) mass is 202 g/mol. The van der Waals surface area contributed by atoms with E-state index in [-0.39, 0.29) is 5.92 Å². The van der Waals surface area contributed by atoms with Crippen LogP contribution in [-0.2, 0) is 9.53 Å². The first kappa shape index (κ1) is 13.4. The highest BCUT2D eigenvalue weighted by atomic mass is 16.6. The van der Waals surface area contributed by atoms with E-state index in [0.29, 0.717) is 6.10 Å². The highest BCUT2D eigenvalue weighted by Gasteiger charge is 2.13. The molecule has 0 aromatic rings. The minimum atomic E-state index is -0.670. The van der Waals surface area contributed by atoms with Crippen molar-refractivity contribution in [2.75, 3.05) is 6.61 Å². The number of carboxylic acids is 1. The first-order chi connectivity index (χ1) is 6.57. The van der Waals surface area contributed by atoms with E-state index in [1.807, 2.05) is 0 Å². The molecule has 0 aromatic carbocycles. The Hall–Kier alpha value is -0.570. The third-order valence-corrected chi connectivity index (χ3v) is 2.16. The number of hydrogen-bond acceptors (Lipinski definition) is 2. The van der Waals surface area contributed by atoms with Crippen LogP contribution in [0.4, 0.5) is 0 Å². The molecule has 1 aliphatic rings. The van der Waals surface area contributed by atoms with Gasteiger partial charge in [0.1, 0.15) is 0 Å². The molecule has 2 atom stereocenters. The standard InChI is InChI=1S/C8H16O2.C3H6O/c1-3-4-5-6-7(2)8(9)10;1-3-2-4-3/h7H,3-6H2,1-2H3,(H,9,10);3H,2H2,1H3/t;3-/m.1/s1. The lowest BCUT2D eigenvalue weighted by Gasteiger charge is -2.03. The first-order valence-corrected chi connectivity index (χ1v) is 5.42. The van der Waals surface area contributed by atoms with Gasteiger partial charge in [-0.2, -0.15) is 0 Å². The van der Waals surface area contributed by atoms with Crippen LogP contribution in [0.5, 0.6) is 0 Å². The molecule has 3 heteroatoms. The largest absolute Gasteiger partial charge is 0.481 e. The van der Waals surface area contributed by atoms with Gasteiger partial charge in [-0.3, -0.25) is 4.79 Å². The maximum absolute atomic E-state index is 10.3. The molecule has 1 rings (SSSR count). The zero-order chi connectivity index (χ0) is 11.0. The molecule has 0 amide bonds. The Balaban J connectivity index is 0.000000344. The van der Waals surface area contributed by atoms with E-state index < -0.39 is 5.97 Å². The predicted molar refractivity (Wildman–Crippen MR) is 56.4 cm³/mol. The SMILES string of the molecule is CCCCCC(C)C(=O)O.C[C@@H]1CO1. The Labute approximate surface area is 86.5 Å². The Morgan fingerprint density at radius 2 is 2.07 bits per heavy atom. The predicted octanol–water partition coefficient (Wildman–Crippen LogP) is 2.69. The van der Waals surface area contributed by atoms with E-state index >= 15 is 0 Å². The molecule has 0 bridgehead atoms. The topological polar surface area (TPSA) is 49.8 Å². The van der Waals surface area contributed by atoms with Gasteiger partial charge in [-0.15, -0.1) is 0 Å². The fourth-order valence-electron chi connectivity index (χ4n) is 0.920. The van der Waals surface area contributed by atoms with Gasteiger partial charge < -0.3 is 9.84 Å². The minimum Gasteiger partial charge on any atom is -0.481 e. The number of carboxylic acid groups (broad SMARTS) is 1. The van der Waals surface area contributed by atoms with Gasteiger partial charge in [-0.05, 0) is 13.3 Å². The highest BCUT2D eigenvalue weighted by molar-refractivity contribution is 5.69. The maximum atomic E-state index is 10.3. The van der Waals surface area contributed by atoms with Crippen LogP contribution >= 0.6 is 0 Å². The summed E-state index contributed by atoms with van der Waals surface area (Å²) < 4.78 is 4.71. The summed E-state index contributed by atoms with van der Waals surface area (Å²) >= 11 is 0. The molecule has 84 valence electrons. The Morgan fingerprint density at radius 3 is 2.36 bits per heavy atom. The van der Waals surface area contributed by atoms with Crippen molar-refractivity contribution in [3.8, 4) is 0 Å². The molecule has 1 saturated heterocycles. The molecular weight excluding hydrogens is 180 g/mol. The summed E-state index contributed by atoms with van der Waals surface area (Å²) in [5, 5.41) is 8.48. The average Bonchev–Trinajstić information content (AvgIpc) is 2.89. The lowest BCUT2D eigenvalue weighted by Crippen LogP contribution is -2.08. The number of unbranched alkanes of at least 4 members (excludes halogenated alkanes) is 2. The van der Waals surface area contributed by atoms with Crippen molar-refractivity contribution in [3.05, 3.63) is 0 Å². The Kier molecular flexibility index (Phi) is 7.48. The lowest BCUT2D eigenvalue weighted by atomic mass is 10.0. The minimum absolute atomic E-state index is 0.161. The van der Waals surface area contributed by atoms with E-state index in [0.717, 1.165) is 32.3 Å². The van der Waals surface area contributed by atoms with Crippen molar-refractivity contribution in [1.82, 2.24) is 0 Å². The van der Waals surface area contributed by atoms with E-state index in [2.05, 4.69) is 13.8 Å². The Morgan fingerprint density at radius 1 is 1.57 bits per heavy atom. The number of hydrogen-bond donors (Lipinski definition) is 1. The second kappa shape index (κ2) is 7.80. The van der Waals surface area contributed by atoms with Gasteiger partial charge in [0.2, 0.25) is 0 Å². The smallest absolute Gasteiger partial charge is 0.306 e. The maximum Gasteiger partial charge on any atom is 0.306 e. The van der Waals surface area contributed by atoms with Gasteiger partial charge in [-0.25, -0.2) is 0 Å². The van der Waals surface area contributed by atoms with Crippen LogP contribution in [0.25, 0.3) is 0 Å². The second-order valence-corrected chi connectivity index (χ2v) is 3.88. The molecular formula is C11H22O3. The molecule has 1 N–H and O–H groups in total. The van der Waals surface area contributed by atoms with Crippen molar-refractivity contribution in [1.29, 1.82) is 0 Å². The second-order valence-electron chi connectivity index (χ2n) is 3.88. The zero-order valence-electron chi connectivity index (χ0n) is 9.45. The molecule has 1 heterocycles. The number of carbonyl (C=O) groups is 1. The number of rotatable bonds is 5. The molecule has 0 aliphatic carbocycles. The zero-order valence-corrected chi connectivity index (χ0v) is 9.45. The van der Waals surface area contributed by atoms with Crippen molar-refractivity contribution >= 4 is 5.97 Å². The van der Waals surface area contributed by atoms with Gasteiger partial charge in [0.25, 0.3) is 0 Å². The van der Waals surface area contributed by atoms with E-state index in [9.17, 15) is 4.79 Å². The van der Waals surface area contributed by atoms with E-state index in [1.54, 1.807) is 6.92 Å². The van der Waals surface area contributed by atoms with E-state index in [1.165, 1.54) is 0 Å². The van der Waals surface area contributed by atoms with Crippen molar-refractivity contribution < 1.29 is 14.6 Å². The number of aliphatic carboxylic acids is 1. The molecule has 14 heavy (non-hydrogen) atoms. The summed E-state index contributed by atoms with van der Waals surface area (Å²) in [6.45, 7) is 6.92. The van der Waals surface area contributed by atoms with Crippen molar-refractivity contribution in [3.63, 3.8) is 0 Å². The summed E-state index contributed by atoms with van der Waals surface area (Å²) in [6, 6.07) is 0. The normalized spacial score (nSPS) is 20.6. The van der Waals surface area contributed by atoms with Gasteiger partial charge >= 0.3 is 5.97 Å². The van der Waals surface area contributed by atoms with Gasteiger partial charge in [0.15, 0.2) is 0 Å². The van der Waals surface area contributed by atoms with Crippen LogP contribution in [0, 0.1) is 5.92 Å². The van der Waals surface area contributed by atoms with Crippen LogP contribution in [0.2, 0.25) is 0 Å². The molecule has 3 nitrogen and oxygen atoms in total. The van der Waals surface area contributed by atoms with Crippen LogP contribution in [0.1, 0.15) is 46.5 Å². The summed E-state index contributed by atoms with van der Waals surface area (Å²) in [4.78, 5) is 10.3. The van der Waals surface area contributed by atoms with Crippen molar-refractivity contribution in [2.45, 2.75) is 52.6 Å². The molecule has 0 radical (unpaired) electrons. The number of epoxide rings is 1. The van der Waals surface area contributed by atoms with E-state index in [4.69, 9.17) is 9.84 Å². The first-order valence-electron chi connectivity index (χ1n) is 5.42. The summed E-state index contributed by atoms with van der Waals surface area (Å²) in [5.41, 5.74) is 0. The third-order valence-electron chi connectivity index (χ3n) is 2.16. The van der Waals surface area contributed by atoms with Crippen molar-refractivity contribution in [2.24, 2.45) is 5.92 Å². The molecule has 0 aromatic heterocycles. The lowest BCUT2D eigenvalue weighted by molar-refractivity contribution is -0.141. The molecule has 1 fully saturated rings. The number of ether oxygens (including phenoxy) is 1. The van der Waals surface area contributed by atoms with Gasteiger partial charge in [0.05, 0.1) is 18.6 Å². The molecule has 1 unspecified atom stereocenters. The molecule has 0 spiro atoms. The van der Waals surface area contributed by atoms with Crippen LogP contribution in [0.15, 0.2) is 0 Å². The summed E-state index contributed by atoms with van der Waals surface area (Å²) in [6.07, 6.45) is 4.76. The fourth-order valence-corrected chi connectivity index (χ4v) is 0.920. The van der Waals surface area contributed by atoms with Crippen LogP contribution in [-0.4, -0.2) is 23.8 Å². The third kappa shape index (κ3) is 9.52. The molecule has 1 aliphatic heterocycles. The quantitative estimate of drug-likeness (QED) is 0.551. The van der Waals surface area contributed by atoms with Gasteiger partial charge in [-0.1, -0.05) is 33.1 Å². The fraction of sp³-hybridized carbons (Fsp3) is 0.909. The average molecular weight is 202 g/mol. The highest BCUT2D eigenvalue weighted by Crippen LogP contribution is 2.08. The Bertz CT molecular complexity index is 153. The summed E-state index contributed by atoms with van der Waals surface area (Å²) in [5.74, 6) is -0.831. The van der Waals surface area contributed by atoms with Crippen LogP contribution in [0.3, 0.4) is 0 Å². The van der Waals surface area contributed by atoms with Crippen LogP contribution < -0.4 is 0 Å². The van der Waals surface area contributed by atoms with Gasteiger partial charge in [0, 0.05) is 0 Å².